The van der Waals surface area contributed by atoms with E-state index >= 15 is 0 Å². The minimum Gasteiger partial charge on any atom is -0.492 e. The molecule has 1 heterocycles. The van der Waals surface area contributed by atoms with E-state index in [0.29, 0.717) is 18.1 Å². The van der Waals surface area contributed by atoms with Crippen LogP contribution in [0, 0.1) is 0 Å². The van der Waals surface area contributed by atoms with Crippen molar-refractivity contribution < 1.29 is 14.3 Å². The SMILES string of the molecule is CCOc1cc([C@@H]2Nc3ccccc3C(=O)N2C2CC2)cc(Br)c1OC. The van der Waals surface area contributed by atoms with E-state index in [1.165, 1.54) is 0 Å². The molecule has 0 aromatic heterocycles. The number of hydrogen-bond donors (Lipinski definition) is 1. The summed E-state index contributed by atoms with van der Waals surface area (Å²) in [6.07, 6.45) is 1.86. The average Bonchev–Trinajstić information content (AvgIpc) is 3.46. The van der Waals surface area contributed by atoms with Gasteiger partial charge in [0.25, 0.3) is 5.91 Å². The summed E-state index contributed by atoms with van der Waals surface area (Å²) in [5.41, 5.74) is 2.56. The van der Waals surface area contributed by atoms with Crippen molar-refractivity contribution in [3.63, 3.8) is 0 Å². The van der Waals surface area contributed by atoms with Crippen molar-refractivity contribution in [1.29, 1.82) is 0 Å². The van der Waals surface area contributed by atoms with Crippen LogP contribution in [0.4, 0.5) is 5.69 Å². The average molecular weight is 417 g/mol. The fourth-order valence-electron chi connectivity index (χ4n) is 3.45. The molecule has 0 unspecified atom stereocenters. The molecule has 5 nitrogen and oxygen atoms in total. The quantitative estimate of drug-likeness (QED) is 0.774. The largest absolute Gasteiger partial charge is 0.492 e. The Morgan fingerprint density at radius 2 is 2.04 bits per heavy atom. The summed E-state index contributed by atoms with van der Waals surface area (Å²) in [4.78, 5) is 15.1. The summed E-state index contributed by atoms with van der Waals surface area (Å²) in [5.74, 6) is 1.41. The van der Waals surface area contributed by atoms with E-state index in [9.17, 15) is 4.79 Å². The predicted molar refractivity (Wildman–Crippen MR) is 104 cm³/mol. The van der Waals surface area contributed by atoms with Crippen molar-refractivity contribution >= 4 is 27.5 Å². The van der Waals surface area contributed by atoms with Gasteiger partial charge in [0, 0.05) is 11.7 Å². The fraction of sp³-hybridized carbons (Fsp3) is 0.350. The van der Waals surface area contributed by atoms with E-state index in [1.807, 2.05) is 48.2 Å². The zero-order valence-electron chi connectivity index (χ0n) is 14.8. The molecular formula is C20H21BrN2O3. The van der Waals surface area contributed by atoms with Crippen LogP contribution in [0.25, 0.3) is 0 Å². The second-order valence-corrected chi connectivity index (χ2v) is 7.36. The molecule has 136 valence electrons. The Morgan fingerprint density at radius 1 is 1.27 bits per heavy atom. The highest BCUT2D eigenvalue weighted by molar-refractivity contribution is 9.10. The number of fused-ring (bicyclic) bond motifs is 1. The van der Waals surface area contributed by atoms with E-state index in [-0.39, 0.29) is 18.1 Å². The number of anilines is 1. The number of nitrogens with zero attached hydrogens (tertiary/aromatic N) is 1. The van der Waals surface area contributed by atoms with Gasteiger partial charge < -0.3 is 19.7 Å². The van der Waals surface area contributed by atoms with Crippen LogP contribution in [-0.2, 0) is 0 Å². The Hall–Kier alpha value is -2.21. The number of para-hydroxylation sites is 1. The topological polar surface area (TPSA) is 50.8 Å². The number of hydrogen-bond acceptors (Lipinski definition) is 4. The molecule has 0 radical (unpaired) electrons. The van der Waals surface area contributed by atoms with Crippen LogP contribution in [0.1, 0.15) is 41.9 Å². The zero-order valence-corrected chi connectivity index (χ0v) is 16.4. The van der Waals surface area contributed by atoms with Crippen LogP contribution in [-0.4, -0.2) is 30.6 Å². The number of methoxy groups -OCH3 is 1. The van der Waals surface area contributed by atoms with E-state index in [0.717, 1.165) is 34.1 Å². The molecular weight excluding hydrogens is 396 g/mol. The lowest BCUT2D eigenvalue weighted by Gasteiger charge is -2.38. The highest BCUT2D eigenvalue weighted by atomic mass is 79.9. The van der Waals surface area contributed by atoms with E-state index in [1.54, 1.807) is 7.11 Å². The lowest BCUT2D eigenvalue weighted by molar-refractivity contribution is 0.0666. The molecule has 4 rings (SSSR count). The Kier molecular flexibility index (Phi) is 4.53. The van der Waals surface area contributed by atoms with Gasteiger partial charge in [-0.3, -0.25) is 4.79 Å². The van der Waals surface area contributed by atoms with Crippen LogP contribution in [0.3, 0.4) is 0 Å². The van der Waals surface area contributed by atoms with Gasteiger partial charge in [-0.1, -0.05) is 12.1 Å². The summed E-state index contributed by atoms with van der Waals surface area (Å²) in [7, 11) is 1.62. The smallest absolute Gasteiger partial charge is 0.258 e. The third kappa shape index (κ3) is 2.92. The van der Waals surface area contributed by atoms with Gasteiger partial charge in [0.2, 0.25) is 0 Å². The third-order valence-corrected chi connectivity index (χ3v) is 5.34. The fourth-order valence-corrected chi connectivity index (χ4v) is 4.07. The maximum Gasteiger partial charge on any atom is 0.258 e. The van der Waals surface area contributed by atoms with Crippen LogP contribution in [0.15, 0.2) is 40.9 Å². The molecule has 1 N–H and O–H groups in total. The van der Waals surface area contributed by atoms with Gasteiger partial charge in [-0.15, -0.1) is 0 Å². The second kappa shape index (κ2) is 6.83. The highest BCUT2D eigenvalue weighted by Gasteiger charge is 2.42. The molecule has 1 amide bonds. The van der Waals surface area contributed by atoms with Gasteiger partial charge in [-0.05, 0) is 65.5 Å². The van der Waals surface area contributed by atoms with Crippen molar-refractivity contribution in [2.75, 3.05) is 19.0 Å². The lowest BCUT2D eigenvalue weighted by Crippen LogP contribution is -2.44. The molecule has 2 aromatic carbocycles. The number of carbonyl (C=O) groups is 1. The number of halogens is 1. The summed E-state index contributed by atoms with van der Waals surface area (Å²) < 4.78 is 12.0. The molecule has 6 heteroatoms. The Balaban J connectivity index is 1.80. The van der Waals surface area contributed by atoms with Crippen molar-refractivity contribution in [2.24, 2.45) is 0 Å². The summed E-state index contributed by atoms with van der Waals surface area (Å²) in [5, 5.41) is 3.54. The maximum atomic E-state index is 13.1. The maximum absolute atomic E-state index is 13.1. The first-order valence-corrected chi connectivity index (χ1v) is 9.61. The number of benzene rings is 2. The number of ether oxygens (including phenoxy) is 2. The monoisotopic (exact) mass is 416 g/mol. The number of carbonyl (C=O) groups excluding carboxylic acids is 1. The summed E-state index contributed by atoms with van der Waals surface area (Å²) >= 11 is 3.58. The van der Waals surface area contributed by atoms with E-state index in [2.05, 4.69) is 21.2 Å². The molecule has 0 spiro atoms. The standard InChI is InChI=1S/C20H21BrN2O3/c1-3-26-17-11-12(10-15(21)18(17)25-2)19-22-16-7-5-4-6-14(16)20(24)23(19)13-8-9-13/h4-7,10-11,13,19,22H,3,8-9H2,1-2H3/t19-/m1/s1. The number of amides is 1. The van der Waals surface area contributed by atoms with Gasteiger partial charge in [-0.25, -0.2) is 0 Å². The van der Waals surface area contributed by atoms with Gasteiger partial charge in [-0.2, -0.15) is 0 Å². The Labute approximate surface area is 161 Å². The van der Waals surface area contributed by atoms with Gasteiger partial charge in [0.05, 0.1) is 23.8 Å². The molecule has 0 saturated heterocycles. The van der Waals surface area contributed by atoms with Crippen LogP contribution in [0.5, 0.6) is 11.5 Å². The van der Waals surface area contributed by atoms with Crippen LogP contribution >= 0.6 is 15.9 Å². The van der Waals surface area contributed by atoms with Crippen molar-refractivity contribution in [3.05, 3.63) is 52.0 Å². The normalized spacial score (nSPS) is 19.0. The molecule has 0 bridgehead atoms. The number of rotatable bonds is 5. The van der Waals surface area contributed by atoms with Gasteiger partial charge in [0.15, 0.2) is 11.5 Å². The first-order chi connectivity index (χ1) is 12.6. The van der Waals surface area contributed by atoms with Crippen molar-refractivity contribution in [3.8, 4) is 11.5 Å². The second-order valence-electron chi connectivity index (χ2n) is 6.50. The minimum atomic E-state index is -0.230. The third-order valence-electron chi connectivity index (χ3n) is 4.75. The van der Waals surface area contributed by atoms with Crippen LogP contribution in [0.2, 0.25) is 0 Å². The molecule has 1 atom stereocenters. The van der Waals surface area contributed by atoms with Crippen molar-refractivity contribution in [2.45, 2.75) is 32.0 Å². The first-order valence-electron chi connectivity index (χ1n) is 8.82. The van der Waals surface area contributed by atoms with Gasteiger partial charge >= 0.3 is 0 Å². The molecule has 1 aliphatic heterocycles. The van der Waals surface area contributed by atoms with Gasteiger partial charge in [0.1, 0.15) is 6.17 Å². The molecule has 2 aliphatic rings. The van der Waals surface area contributed by atoms with Crippen molar-refractivity contribution in [1.82, 2.24) is 4.90 Å². The first kappa shape index (κ1) is 17.2. The van der Waals surface area contributed by atoms with E-state index < -0.39 is 0 Å². The Morgan fingerprint density at radius 3 is 2.73 bits per heavy atom. The highest BCUT2D eigenvalue weighted by Crippen LogP contribution is 2.44. The molecule has 2 aromatic rings. The van der Waals surface area contributed by atoms with E-state index in [4.69, 9.17) is 9.47 Å². The molecule has 26 heavy (non-hydrogen) atoms. The molecule has 1 aliphatic carbocycles. The number of nitrogens with one attached hydrogen (secondary N) is 1. The zero-order chi connectivity index (χ0) is 18.3. The summed E-state index contributed by atoms with van der Waals surface area (Å²) in [6, 6.07) is 11.9. The molecule has 1 saturated carbocycles. The van der Waals surface area contributed by atoms with Crippen LogP contribution < -0.4 is 14.8 Å². The Bertz CT molecular complexity index is 851. The lowest BCUT2D eigenvalue weighted by atomic mass is 10.0. The predicted octanol–water partition coefficient (Wildman–Crippen LogP) is 4.59. The summed E-state index contributed by atoms with van der Waals surface area (Å²) in [6.45, 7) is 2.48. The molecule has 1 fully saturated rings. The minimum absolute atomic E-state index is 0.0803.